The third-order valence-electron chi connectivity index (χ3n) is 3.90. The zero-order chi connectivity index (χ0) is 19.9. The predicted octanol–water partition coefficient (Wildman–Crippen LogP) is 3.52. The summed E-state index contributed by atoms with van der Waals surface area (Å²) in [5, 5.41) is 16.8. The van der Waals surface area contributed by atoms with E-state index in [-0.39, 0.29) is 12.3 Å². The van der Waals surface area contributed by atoms with Crippen LogP contribution in [0, 0.1) is 22.5 Å². The largest absolute Gasteiger partial charge is 0.480 e. The van der Waals surface area contributed by atoms with Crippen LogP contribution in [-0.2, 0) is 0 Å². The number of fused-ring (bicyclic) bond motifs is 1. The average Bonchev–Trinajstić information content (AvgIpc) is 2.72. The lowest BCUT2D eigenvalue weighted by molar-refractivity contribution is -0.384. The highest BCUT2D eigenvalue weighted by atomic mass is 16.6. The molecule has 0 aliphatic heterocycles. The van der Waals surface area contributed by atoms with Crippen molar-refractivity contribution in [2.45, 2.75) is 0 Å². The molecule has 3 aromatic rings. The molecule has 0 unspecified atom stereocenters. The number of ether oxygens (including phenoxy) is 1. The van der Waals surface area contributed by atoms with Crippen molar-refractivity contribution < 1.29 is 14.5 Å². The molecule has 1 amide bonds. The van der Waals surface area contributed by atoms with Crippen LogP contribution in [0.2, 0.25) is 0 Å². The van der Waals surface area contributed by atoms with E-state index in [0.29, 0.717) is 16.9 Å². The van der Waals surface area contributed by atoms with Gasteiger partial charge in [0, 0.05) is 23.3 Å². The second-order valence-corrected chi connectivity index (χ2v) is 5.73. The van der Waals surface area contributed by atoms with Gasteiger partial charge in [0.15, 0.2) is 0 Å². The minimum Gasteiger partial charge on any atom is -0.480 e. The molecule has 3 rings (SSSR count). The molecule has 0 aromatic heterocycles. The number of amides is 1. The number of hydrogen-bond donors (Lipinski definition) is 1. The maximum Gasteiger partial charge on any atom is 0.271 e. The van der Waals surface area contributed by atoms with E-state index in [1.807, 2.05) is 30.3 Å². The van der Waals surface area contributed by atoms with E-state index >= 15 is 0 Å². The van der Waals surface area contributed by atoms with E-state index < -0.39 is 10.8 Å². The first-order valence-electron chi connectivity index (χ1n) is 8.25. The summed E-state index contributed by atoms with van der Waals surface area (Å²) in [5.41, 5.74) is 3.05. The number of non-ortho nitro benzene ring substituents is 1. The van der Waals surface area contributed by atoms with Crippen molar-refractivity contribution in [3.8, 4) is 18.1 Å². The van der Waals surface area contributed by atoms with Gasteiger partial charge in [0.1, 0.15) is 12.4 Å². The molecule has 0 fully saturated rings. The Balaban J connectivity index is 1.78. The Morgan fingerprint density at radius 2 is 1.96 bits per heavy atom. The number of nitrogens with zero attached hydrogens (tertiary/aromatic N) is 2. The summed E-state index contributed by atoms with van der Waals surface area (Å²) in [6, 6.07) is 17.0. The number of rotatable bonds is 6. The fourth-order valence-electron chi connectivity index (χ4n) is 2.56. The topological polar surface area (TPSA) is 93.8 Å². The van der Waals surface area contributed by atoms with Gasteiger partial charge in [0.25, 0.3) is 11.6 Å². The molecule has 0 heterocycles. The van der Waals surface area contributed by atoms with Crippen molar-refractivity contribution in [2.24, 2.45) is 5.10 Å². The molecule has 3 aromatic carbocycles. The first kappa shape index (κ1) is 18.6. The Kier molecular flexibility index (Phi) is 5.63. The maximum absolute atomic E-state index is 12.3. The number of hydrazone groups is 1. The standard InChI is InChI=1S/C21H15N3O4/c1-2-11-28-20-10-9-19(24(26)27)13-18(20)14-22-23-21(25)17-8-7-15-5-3-4-6-16(15)12-17/h1,3-10,12-14H,11H2,(H,23,25)/b22-14-. The number of nitrogens with one attached hydrogen (secondary N) is 1. The van der Waals surface area contributed by atoms with E-state index in [2.05, 4.69) is 16.4 Å². The number of nitro benzene ring substituents is 1. The summed E-state index contributed by atoms with van der Waals surface area (Å²) in [7, 11) is 0. The smallest absolute Gasteiger partial charge is 0.271 e. The molecule has 7 nitrogen and oxygen atoms in total. The van der Waals surface area contributed by atoms with E-state index in [4.69, 9.17) is 11.2 Å². The van der Waals surface area contributed by atoms with Gasteiger partial charge < -0.3 is 4.74 Å². The van der Waals surface area contributed by atoms with E-state index in [1.165, 1.54) is 24.4 Å². The van der Waals surface area contributed by atoms with Gasteiger partial charge >= 0.3 is 0 Å². The van der Waals surface area contributed by atoms with Crippen LogP contribution < -0.4 is 10.2 Å². The van der Waals surface area contributed by atoms with Crippen LogP contribution >= 0.6 is 0 Å². The molecule has 0 bridgehead atoms. The lowest BCUT2D eigenvalue weighted by atomic mass is 10.1. The number of carbonyl (C=O) groups is 1. The number of carbonyl (C=O) groups excluding carboxylic acids is 1. The molecule has 0 saturated carbocycles. The molecule has 7 heteroatoms. The first-order valence-corrected chi connectivity index (χ1v) is 8.25. The Morgan fingerprint density at radius 1 is 1.18 bits per heavy atom. The van der Waals surface area contributed by atoms with Gasteiger partial charge in [-0.2, -0.15) is 5.10 Å². The van der Waals surface area contributed by atoms with Crippen molar-refractivity contribution >= 4 is 28.6 Å². The summed E-state index contributed by atoms with van der Waals surface area (Å²) < 4.78 is 5.35. The second-order valence-electron chi connectivity index (χ2n) is 5.73. The molecule has 0 radical (unpaired) electrons. The first-order chi connectivity index (χ1) is 13.6. The van der Waals surface area contributed by atoms with Crippen molar-refractivity contribution in [2.75, 3.05) is 6.61 Å². The fraction of sp³-hybridized carbons (Fsp3) is 0.0476. The summed E-state index contributed by atoms with van der Waals surface area (Å²) in [6.45, 7) is 0.00208. The van der Waals surface area contributed by atoms with Gasteiger partial charge in [-0.05, 0) is 29.0 Å². The highest BCUT2D eigenvalue weighted by Gasteiger charge is 2.11. The number of nitro groups is 1. The average molecular weight is 373 g/mol. The van der Waals surface area contributed by atoms with Crippen molar-refractivity contribution in [1.29, 1.82) is 0 Å². The number of terminal acetylenes is 1. The van der Waals surface area contributed by atoms with Crippen LogP contribution in [0.5, 0.6) is 5.75 Å². The molecule has 1 N–H and O–H groups in total. The fourth-order valence-corrected chi connectivity index (χ4v) is 2.56. The second kappa shape index (κ2) is 8.47. The van der Waals surface area contributed by atoms with Crippen molar-refractivity contribution in [1.82, 2.24) is 5.43 Å². The quantitative estimate of drug-likeness (QED) is 0.310. The zero-order valence-corrected chi connectivity index (χ0v) is 14.7. The van der Waals surface area contributed by atoms with Gasteiger partial charge in [-0.3, -0.25) is 14.9 Å². The number of hydrogen-bond acceptors (Lipinski definition) is 5. The summed E-state index contributed by atoms with van der Waals surface area (Å²) in [5.74, 6) is 2.24. The molecule has 0 aliphatic rings. The Morgan fingerprint density at radius 3 is 2.71 bits per heavy atom. The Bertz CT molecular complexity index is 1120. The van der Waals surface area contributed by atoms with E-state index in [1.54, 1.807) is 12.1 Å². The summed E-state index contributed by atoms with van der Waals surface area (Å²) in [6.07, 6.45) is 6.45. The zero-order valence-electron chi connectivity index (χ0n) is 14.7. The molecule has 0 atom stereocenters. The minimum atomic E-state index is -0.532. The maximum atomic E-state index is 12.3. The van der Waals surface area contributed by atoms with Crippen LogP contribution in [0.15, 0.2) is 65.8 Å². The SMILES string of the molecule is C#CCOc1ccc([N+](=O)[O-])cc1/C=N\NC(=O)c1ccc2ccccc2c1. The van der Waals surface area contributed by atoms with Gasteiger partial charge in [-0.1, -0.05) is 36.3 Å². The summed E-state index contributed by atoms with van der Waals surface area (Å²) in [4.78, 5) is 22.8. The molecular formula is C21H15N3O4. The molecule has 138 valence electrons. The molecule has 0 saturated heterocycles. The lowest BCUT2D eigenvalue weighted by Crippen LogP contribution is -2.17. The number of benzene rings is 3. The summed E-state index contributed by atoms with van der Waals surface area (Å²) >= 11 is 0. The minimum absolute atomic E-state index is 0.00208. The molecule has 0 spiro atoms. The Labute approximate surface area is 160 Å². The molecule has 0 aliphatic carbocycles. The van der Waals surface area contributed by atoms with Crippen LogP contribution in [-0.4, -0.2) is 23.7 Å². The van der Waals surface area contributed by atoms with E-state index in [0.717, 1.165) is 10.8 Å². The highest BCUT2D eigenvalue weighted by Crippen LogP contribution is 2.23. The van der Waals surface area contributed by atoms with Gasteiger partial charge in [0.2, 0.25) is 0 Å². The third kappa shape index (κ3) is 4.31. The van der Waals surface area contributed by atoms with Crippen LogP contribution in [0.3, 0.4) is 0 Å². The molecular weight excluding hydrogens is 358 g/mol. The van der Waals surface area contributed by atoms with Crippen molar-refractivity contribution in [3.05, 3.63) is 81.9 Å². The lowest BCUT2D eigenvalue weighted by Gasteiger charge is -2.06. The predicted molar refractivity (Wildman–Crippen MR) is 106 cm³/mol. The normalized spacial score (nSPS) is 10.5. The van der Waals surface area contributed by atoms with Gasteiger partial charge in [0.05, 0.1) is 11.1 Å². The monoisotopic (exact) mass is 373 g/mol. The van der Waals surface area contributed by atoms with Crippen LogP contribution in [0.1, 0.15) is 15.9 Å². The van der Waals surface area contributed by atoms with Gasteiger partial charge in [-0.25, -0.2) is 5.43 Å². The third-order valence-corrected chi connectivity index (χ3v) is 3.90. The van der Waals surface area contributed by atoms with Crippen molar-refractivity contribution in [3.63, 3.8) is 0 Å². The van der Waals surface area contributed by atoms with E-state index in [9.17, 15) is 14.9 Å². The van der Waals surface area contributed by atoms with Crippen LogP contribution in [0.25, 0.3) is 10.8 Å². The van der Waals surface area contributed by atoms with Gasteiger partial charge in [-0.15, -0.1) is 6.42 Å². The highest BCUT2D eigenvalue weighted by molar-refractivity contribution is 5.99. The molecule has 28 heavy (non-hydrogen) atoms. The Hall–Kier alpha value is -4.18. The van der Waals surface area contributed by atoms with Crippen LogP contribution in [0.4, 0.5) is 5.69 Å².